The van der Waals surface area contributed by atoms with Crippen LogP contribution in [-0.2, 0) is 0 Å². The molecule has 0 aliphatic carbocycles. The molecular weight excluding hydrogens is 196 g/mol. The van der Waals surface area contributed by atoms with Gasteiger partial charge < -0.3 is 5.32 Å². The lowest BCUT2D eigenvalue weighted by molar-refractivity contribution is 0.0596. The van der Waals surface area contributed by atoms with Gasteiger partial charge in [-0.2, -0.15) is 0 Å². The molecule has 3 atom stereocenters. The molecule has 0 saturated carbocycles. The highest BCUT2D eigenvalue weighted by atomic mass is 15.2. The molecule has 2 heterocycles. The largest absolute Gasteiger partial charge is 0.317 e. The van der Waals surface area contributed by atoms with E-state index in [9.17, 15) is 0 Å². The normalized spacial score (nSPS) is 38.8. The van der Waals surface area contributed by atoms with E-state index in [1.807, 2.05) is 0 Å². The van der Waals surface area contributed by atoms with Gasteiger partial charge in [0.05, 0.1) is 0 Å². The molecule has 16 heavy (non-hydrogen) atoms. The molecule has 2 heteroatoms. The number of likely N-dealkylation sites (tertiary alicyclic amines) is 1. The summed E-state index contributed by atoms with van der Waals surface area (Å²) in [6, 6.07) is 0.797. The van der Waals surface area contributed by atoms with Crippen molar-refractivity contribution in [2.24, 2.45) is 17.8 Å². The van der Waals surface area contributed by atoms with Gasteiger partial charge in [-0.15, -0.1) is 0 Å². The highest BCUT2D eigenvalue weighted by Gasteiger charge is 2.30. The molecule has 0 bridgehead atoms. The Hall–Kier alpha value is -0.0800. The Morgan fingerprint density at radius 2 is 1.81 bits per heavy atom. The standard InChI is InChI=1S/C14H28N2/c1-11-8-12(2)13(3)16(9-11)10-14-4-6-15-7-5-14/h11-15H,4-10H2,1-3H3. The fraction of sp³-hybridized carbons (Fsp3) is 1.00. The zero-order chi connectivity index (χ0) is 11.5. The van der Waals surface area contributed by atoms with Crippen LogP contribution in [0, 0.1) is 17.8 Å². The van der Waals surface area contributed by atoms with Crippen molar-refractivity contribution in [3.63, 3.8) is 0 Å². The third-order valence-corrected chi connectivity index (χ3v) is 4.67. The van der Waals surface area contributed by atoms with Gasteiger partial charge in [0.1, 0.15) is 0 Å². The van der Waals surface area contributed by atoms with E-state index < -0.39 is 0 Å². The molecule has 0 aromatic carbocycles. The number of nitrogens with zero attached hydrogens (tertiary/aromatic N) is 1. The van der Waals surface area contributed by atoms with Crippen LogP contribution in [0.2, 0.25) is 0 Å². The first-order valence-electron chi connectivity index (χ1n) is 7.11. The fourth-order valence-electron chi connectivity index (χ4n) is 3.47. The van der Waals surface area contributed by atoms with Gasteiger partial charge in [0.2, 0.25) is 0 Å². The molecule has 3 unspecified atom stereocenters. The maximum Gasteiger partial charge on any atom is 0.00928 e. The molecular formula is C14H28N2. The summed E-state index contributed by atoms with van der Waals surface area (Å²) in [7, 11) is 0. The Kier molecular flexibility index (Phi) is 4.26. The van der Waals surface area contributed by atoms with Crippen LogP contribution in [0.3, 0.4) is 0 Å². The lowest BCUT2D eigenvalue weighted by Gasteiger charge is -2.43. The number of piperidine rings is 2. The van der Waals surface area contributed by atoms with E-state index in [1.165, 1.54) is 45.4 Å². The van der Waals surface area contributed by atoms with Gasteiger partial charge in [-0.1, -0.05) is 13.8 Å². The van der Waals surface area contributed by atoms with Crippen molar-refractivity contribution in [3.8, 4) is 0 Å². The first kappa shape index (κ1) is 12.4. The Morgan fingerprint density at radius 1 is 1.12 bits per heavy atom. The van der Waals surface area contributed by atoms with Crippen molar-refractivity contribution in [3.05, 3.63) is 0 Å². The lowest BCUT2D eigenvalue weighted by atomic mass is 9.84. The SMILES string of the molecule is CC1CC(C)C(C)N(CC2CCNCC2)C1. The van der Waals surface area contributed by atoms with Crippen molar-refractivity contribution in [1.29, 1.82) is 0 Å². The third kappa shape index (κ3) is 2.98. The molecule has 2 aliphatic rings. The lowest BCUT2D eigenvalue weighted by Crippen LogP contribution is -2.48. The first-order valence-corrected chi connectivity index (χ1v) is 7.11. The molecule has 2 nitrogen and oxygen atoms in total. The van der Waals surface area contributed by atoms with Gasteiger partial charge in [0.25, 0.3) is 0 Å². The summed E-state index contributed by atoms with van der Waals surface area (Å²) in [5, 5.41) is 3.46. The summed E-state index contributed by atoms with van der Waals surface area (Å²) in [6.45, 7) is 12.4. The van der Waals surface area contributed by atoms with Crippen LogP contribution in [0.5, 0.6) is 0 Å². The zero-order valence-electron chi connectivity index (χ0n) is 11.2. The Morgan fingerprint density at radius 3 is 2.50 bits per heavy atom. The minimum Gasteiger partial charge on any atom is -0.317 e. The molecule has 0 amide bonds. The van der Waals surface area contributed by atoms with Gasteiger partial charge >= 0.3 is 0 Å². The van der Waals surface area contributed by atoms with Gasteiger partial charge in [-0.05, 0) is 57.0 Å². The maximum atomic E-state index is 3.46. The van der Waals surface area contributed by atoms with Gasteiger partial charge in [0, 0.05) is 19.1 Å². The Labute approximate surface area is 101 Å². The van der Waals surface area contributed by atoms with Crippen molar-refractivity contribution >= 4 is 0 Å². The summed E-state index contributed by atoms with van der Waals surface area (Å²) >= 11 is 0. The monoisotopic (exact) mass is 224 g/mol. The average Bonchev–Trinajstić information content (AvgIpc) is 2.27. The molecule has 2 saturated heterocycles. The number of hydrogen-bond acceptors (Lipinski definition) is 2. The molecule has 0 spiro atoms. The van der Waals surface area contributed by atoms with Crippen molar-refractivity contribution in [2.75, 3.05) is 26.2 Å². The summed E-state index contributed by atoms with van der Waals surface area (Å²) in [5.74, 6) is 2.72. The zero-order valence-corrected chi connectivity index (χ0v) is 11.2. The van der Waals surface area contributed by atoms with Gasteiger partial charge in [0.15, 0.2) is 0 Å². The van der Waals surface area contributed by atoms with Gasteiger partial charge in [-0.3, -0.25) is 4.90 Å². The quantitative estimate of drug-likeness (QED) is 0.774. The topological polar surface area (TPSA) is 15.3 Å². The highest BCUT2D eigenvalue weighted by Crippen LogP contribution is 2.28. The minimum atomic E-state index is 0.797. The van der Waals surface area contributed by atoms with Crippen LogP contribution in [0.25, 0.3) is 0 Å². The van der Waals surface area contributed by atoms with Crippen molar-refractivity contribution < 1.29 is 0 Å². The molecule has 2 aliphatic heterocycles. The van der Waals surface area contributed by atoms with Crippen molar-refractivity contribution in [1.82, 2.24) is 10.2 Å². The van der Waals surface area contributed by atoms with Crippen LogP contribution in [0.1, 0.15) is 40.0 Å². The van der Waals surface area contributed by atoms with Gasteiger partial charge in [-0.25, -0.2) is 0 Å². The molecule has 0 aromatic rings. The van der Waals surface area contributed by atoms with E-state index in [-0.39, 0.29) is 0 Å². The fourth-order valence-corrected chi connectivity index (χ4v) is 3.47. The summed E-state index contributed by atoms with van der Waals surface area (Å²) in [6.07, 6.45) is 4.18. The number of nitrogens with one attached hydrogen (secondary N) is 1. The molecule has 94 valence electrons. The molecule has 2 rings (SSSR count). The van der Waals surface area contributed by atoms with Crippen molar-refractivity contribution in [2.45, 2.75) is 46.1 Å². The molecule has 2 fully saturated rings. The molecule has 0 radical (unpaired) electrons. The highest BCUT2D eigenvalue weighted by molar-refractivity contribution is 4.84. The van der Waals surface area contributed by atoms with Crippen LogP contribution < -0.4 is 5.32 Å². The second-order valence-electron chi connectivity index (χ2n) is 6.21. The second-order valence-corrected chi connectivity index (χ2v) is 6.21. The van der Waals surface area contributed by atoms with E-state index in [0.29, 0.717) is 0 Å². The van der Waals surface area contributed by atoms with Crippen LogP contribution in [0.4, 0.5) is 0 Å². The third-order valence-electron chi connectivity index (χ3n) is 4.67. The minimum absolute atomic E-state index is 0.797. The van der Waals surface area contributed by atoms with Crippen LogP contribution in [0.15, 0.2) is 0 Å². The molecule has 0 aromatic heterocycles. The molecule has 1 N–H and O–H groups in total. The van der Waals surface area contributed by atoms with E-state index in [0.717, 1.165) is 23.8 Å². The summed E-state index contributed by atoms with van der Waals surface area (Å²) in [5.41, 5.74) is 0. The Bertz CT molecular complexity index is 211. The summed E-state index contributed by atoms with van der Waals surface area (Å²) in [4.78, 5) is 2.76. The second kappa shape index (κ2) is 5.50. The van der Waals surface area contributed by atoms with Crippen LogP contribution in [-0.4, -0.2) is 37.1 Å². The predicted molar refractivity (Wildman–Crippen MR) is 69.6 cm³/mol. The van der Waals surface area contributed by atoms with E-state index in [2.05, 4.69) is 31.0 Å². The number of rotatable bonds is 2. The Balaban J connectivity index is 1.86. The first-order chi connectivity index (χ1) is 7.66. The van der Waals surface area contributed by atoms with E-state index >= 15 is 0 Å². The predicted octanol–water partition coefficient (Wildman–Crippen LogP) is 2.35. The average molecular weight is 224 g/mol. The van der Waals surface area contributed by atoms with E-state index in [1.54, 1.807) is 0 Å². The van der Waals surface area contributed by atoms with E-state index in [4.69, 9.17) is 0 Å². The smallest absolute Gasteiger partial charge is 0.00928 e. The number of hydrogen-bond donors (Lipinski definition) is 1. The maximum absolute atomic E-state index is 3.46. The summed E-state index contributed by atoms with van der Waals surface area (Å²) < 4.78 is 0. The van der Waals surface area contributed by atoms with Crippen LogP contribution >= 0.6 is 0 Å².